The molecule has 0 spiro atoms. The molecule has 144 valence electrons. The van der Waals surface area contributed by atoms with E-state index in [1.54, 1.807) is 17.0 Å². The molecule has 3 aromatic rings. The Bertz CT molecular complexity index is 1030. The standard InChI is InChI=1S/C23H23NO3S/c1-28(26,27)22-14-8-13-21(17-22)23(25)24(18-20-11-6-3-7-12-20)16-15-19-9-4-2-5-10-19/h2-14,17H,15-16,18H2,1H3. The molecule has 0 atom stereocenters. The third-order valence-corrected chi connectivity index (χ3v) is 5.64. The lowest BCUT2D eigenvalue weighted by molar-refractivity contribution is 0.0745. The van der Waals surface area contributed by atoms with Gasteiger partial charge < -0.3 is 4.90 Å². The van der Waals surface area contributed by atoms with Crippen LogP contribution < -0.4 is 0 Å². The minimum atomic E-state index is -3.37. The lowest BCUT2D eigenvalue weighted by Crippen LogP contribution is -2.32. The van der Waals surface area contributed by atoms with Gasteiger partial charge >= 0.3 is 0 Å². The van der Waals surface area contributed by atoms with Crippen LogP contribution in [0.4, 0.5) is 0 Å². The van der Waals surface area contributed by atoms with Crippen molar-refractivity contribution in [3.63, 3.8) is 0 Å². The van der Waals surface area contributed by atoms with Gasteiger partial charge in [-0.05, 0) is 35.7 Å². The van der Waals surface area contributed by atoms with Crippen LogP contribution in [0.2, 0.25) is 0 Å². The van der Waals surface area contributed by atoms with E-state index in [1.807, 2.05) is 60.7 Å². The van der Waals surface area contributed by atoms with Gasteiger partial charge in [-0.3, -0.25) is 4.79 Å². The maximum absolute atomic E-state index is 13.2. The molecular weight excluding hydrogens is 370 g/mol. The summed E-state index contributed by atoms with van der Waals surface area (Å²) < 4.78 is 23.7. The summed E-state index contributed by atoms with van der Waals surface area (Å²) in [6, 6.07) is 26.0. The molecule has 0 aliphatic rings. The van der Waals surface area contributed by atoms with Gasteiger partial charge in [0.05, 0.1) is 4.90 Å². The molecule has 0 N–H and O–H groups in total. The van der Waals surface area contributed by atoms with Gasteiger partial charge in [0, 0.05) is 24.9 Å². The summed E-state index contributed by atoms with van der Waals surface area (Å²) in [5.74, 6) is -0.176. The first-order valence-corrected chi connectivity index (χ1v) is 11.0. The van der Waals surface area contributed by atoms with Crippen molar-refractivity contribution in [1.82, 2.24) is 4.90 Å². The molecule has 0 aliphatic carbocycles. The second-order valence-electron chi connectivity index (χ2n) is 6.75. The molecular formula is C23H23NO3S. The third kappa shape index (κ3) is 5.30. The third-order valence-electron chi connectivity index (χ3n) is 4.53. The van der Waals surface area contributed by atoms with Crippen LogP contribution in [0.3, 0.4) is 0 Å². The Kier molecular flexibility index (Phi) is 6.26. The number of sulfone groups is 1. The summed E-state index contributed by atoms with van der Waals surface area (Å²) >= 11 is 0. The first-order valence-electron chi connectivity index (χ1n) is 9.11. The maximum atomic E-state index is 13.2. The van der Waals surface area contributed by atoms with Gasteiger partial charge in [-0.2, -0.15) is 0 Å². The van der Waals surface area contributed by atoms with Gasteiger partial charge in [0.1, 0.15) is 0 Å². The zero-order valence-corrected chi connectivity index (χ0v) is 16.6. The van der Waals surface area contributed by atoms with Crippen molar-refractivity contribution >= 4 is 15.7 Å². The lowest BCUT2D eigenvalue weighted by Gasteiger charge is -2.23. The van der Waals surface area contributed by atoms with E-state index in [9.17, 15) is 13.2 Å². The first-order chi connectivity index (χ1) is 13.4. The molecule has 0 unspecified atom stereocenters. The van der Waals surface area contributed by atoms with Crippen molar-refractivity contribution in [2.75, 3.05) is 12.8 Å². The molecule has 3 rings (SSSR count). The van der Waals surface area contributed by atoms with E-state index >= 15 is 0 Å². The zero-order chi connectivity index (χ0) is 20.0. The molecule has 0 bridgehead atoms. The van der Waals surface area contributed by atoms with Crippen LogP contribution in [-0.2, 0) is 22.8 Å². The van der Waals surface area contributed by atoms with Gasteiger partial charge in [-0.25, -0.2) is 8.42 Å². The molecule has 0 aromatic heterocycles. The minimum absolute atomic E-state index is 0.154. The fourth-order valence-corrected chi connectivity index (χ4v) is 3.67. The van der Waals surface area contributed by atoms with Crippen molar-refractivity contribution < 1.29 is 13.2 Å². The van der Waals surface area contributed by atoms with E-state index in [2.05, 4.69) is 0 Å². The average Bonchev–Trinajstić information content (AvgIpc) is 2.71. The Morgan fingerprint density at radius 2 is 1.43 bits per heavy atom. The van der Waals surface area contributed by atoms with E-state index in [-0.39, 0.29) is 10.8 Å². The molecule has 28 heavy (non-hydrogen) atoms. The van der Waals surface area contributed by atoms with Crippen LogP contribution in [0, 0.1) is 0 Å². The van der Waals surface area contributed by atoms with Gasteiger partial charge in [-0.1, -0.05) is 66.7 Å². The highest BCUT2D eigenvalue weighted by molar-refractivity contribution is 7.90. The van der Waals surface area contributed by atoms with Gasteiger partial charge in [0.15, 0.2) is 9.84 Å². The minimum Gasteiger partial charge on any atom is -0.334 e. The SMILES string of the molecule is CS(=O)(=O)c1cccc(C(=O)N(CCc2ccccc2)Cc2ccccc2)c1. The van der Waals surface area contributed by atoms with E-state index in [0.29, 0.717) is 18.7 Å². The van der Waals surface area contributed by atoms with Crippen LogP contribution in [0.5, 0.6) is 0 Å². The molecule has 0 heterocycles. The Morgan fingerprint density at radius 1 is 0.821 bits per heavy atom. The fourth-order valence-electron chi connectivity index (χ4n) is 3.01. The number of benzene rings is 3. The second-order valence-corrected chi connectivity index (χ2v) is 8.76. The number of carbonyl (C=O) groups is 1. The Balaban J connectivity index is 1.85. The zero-order valence-electron chi connectivity index (χ0n) is 15.8. The predicted molar refractivity (Wildman–Crippen MR) is 111 cm³/mol. The summed E-state index contributed by atoms with van der Waals surface area (Å²) in [5.41, 5.74) is 2.56. The summed E-state index contributed by atoms with van der Waals surface area (Å²) in [6.45, 7) is 1.01. The normalized spacial score (nSPS) is 11.2. The van der Waals surface area contributed by atoms with Crippen molar-refractivity contribution in [3.8, 4) is 0 Å². The van der Waals surface area contributed by atoms with E-state index in [1.165, 1.54) is 12.1 Å². The molecule has 0 radical (unpaired) electrons. The number of carbonyl (C=O) groups excluding carboxylic acids is 1. The molecule has 0 fully saturated rings. The highest BCUT2D eigenvalue weighted by Crippen LogP contribution is 2.16. The van der Waals surface area contributed by atoms with Crippen LogP contribution in [-0.4, -0.2) is 32.0 Å². The monoisotopic (exact) mass is 393 g/mol. The largest absolute Gasteiger partial charge is 0.334 e. The number of nitrogens with zero attached hydrogens (tertiary/aromatic N) is 1. The van der Waals surface area contributed by atoms with Gasteiger partial charge in [0.2, 0.25) is 0 Å². The van der Waals surface area contributed by atoms with Crippen LogP contribution in [0.15, 0.2) is 89.8 Å². The van der Waals surface area contributed by atoms with E-state index in [4.69, 9.17) is 0 Å². The average molecular weight is 394 g/mol. The predicted octanol–water partition coefficient (Wildman–Crippen LogP) is 3.98. The summed E-state index contributed by atoms with van der Waals surface area (Å²) in [4.78, 5) is 15.1. The van der Waals surface area contributed by atoms with Crippen LogP contribution in [0.25, 0.3) is 0 Å². The van der Waals surface area contributed by atoms with Crippen molar-refractivity contribution in [2.45, 2.75) is 17.9 Å². The Hall–Kier alpha value is -2.92. The molecule has 0 saturated heterocycles. The van der Waals surface area contributed by atoms with Crippen LogP contribution >= 0.6 is 0 Å². The molecule has 0 saturated carbocycles. The lowest BCUT2D eigenvalue weighted by atomic mass is 10.1. The Morgan fingerprint density at radius 3 is 2.04 bits per heavy atom. The Labute approximate surface area is 166 Å². The molecule has 0 aliphatic heterocycles. The van der Waals surface area contributed by atoms with Crippen LogP contribution in [0.1, 0.15) is 21.5 Å². The van der Waals surface area contributed by atoms with Gasteiger partial charge in [-0.15, -0.1) is 0 Å². The molecule has 4 nitrogen and oxygen atoms in total. The van der Waals surface area contributed by atoms with Gasteiger partial charge in [0.25, 0.3) is 5.91 Å². The first kappa shape index (κ1) is 19.8. The topological polar surface area (TPSA) is 54.5 Å². The number of hydrogen-bond acceptors (Lipinski definition) is 3. The van der Waals surface area contributed by atoms with E-state index in [0.717, 1.165) is 23.8 Å². The smallest absolute Gasteiger partial charge is 0.254 e. The summed E-state index contributed by atoms with van der Waals surface area (Å²) in [5, 5.41) is 0. The highest BCUT2D eigenvalue weighted by atomic mass is 32.2. The highest BCUT2D eigenvalue weighted by Gasteiger charge is 2.18. The fraction of sp³-hybridized carbons (Fsp3) is 0.174. The summed E-state index contributed by atoms with van der Waals surface area (Å²) in [7, 11) is -3.37. The molecule has 5 heteroatoms. The van der Waals surface area contributed by atoms with E-state index < -0.39 is 9.84 Å². The second kappa shape index (κ2) is 8.85. The number of rotatable bonds is 7. The molecule has 1 amide bonds. The number of amides is 1. The van der Waals surface area contributed by atoms with Crippen molar-refractivity contribution in [1.29, 1.82) is 0 Å². The molecule has 3 aromatic carbocycles. The summed E-state index contributed by atoms with van der Waals surface area (Å²) in [6.07, 6.45) is 1.87. The maximum Gasteiger partial charge on any atom is 0.254 e. The van der Waals surface area contributed by atoms with Crippen molar-refractivity contribution in [3.05, 3.63) is 102 Å². The van der Waals surface area contributed by atoms with Crippen molar-refractivity contribution in [2.24, 2.45) is 0 Å². The number of hydrogen-bond donors (Lipinski definition) is 0. The quantitative estimate of drug-likeness (QED) is 0.610.